The largest absolute Gasteiger partial charge is 0.416 e. The second-order valence-electron chi connectivity index (χ2n) is 8.17. The number of alkyl halides is 3. The first kappa shape index (κ1) is 23.1. The molecule has 0 aliphatic carbocycles. The van der Waals surface area contributed by atoms with Crippen molar-refractivity contribution in [1.29, 1.82) is 0 Å². The van der Waals surface area contributed by atoms with E-state index in [4.69, 9.17) is 0 Å². The van der Waals surface area contributed by atoms with Gasteiger partial charge in [0.1, 0.15) is 5.82 Å². The molecule has 0 radical (unpaired) electrons. The molecule has 4 rings (SSSR count). The van der Waals surface area contributed by atoms with Crippen LogP contribution in [0.1, 0.15) is 36.1 Å². The van der Waals surface area contributed by atoms with Crippen molar-refractivity contribution in [2.75, 3.05) is 0 Å². The average Bonchev–Trinajstić information content (AvgIpc) is 2.77. The molecule has 34 heavy (non-hydrogen) atoms. The third kappa shape index (κ3) is 4.13. The maximum Gasteiger partial charge on any atom is 0.416 e. The molecule has 0 saturated heterocycles. The Hall–Kier alpha value is -4.12. The number of nitrogens with zero attached hydrogens (tertiary/aromatic N) is 1. The molecular formula is C26H18F4N2O2. The number of H-pyrrole nitrogens is 1. The summed E-state index contributed by atoms with van der Waals surface area (Å²) in [5.41, 5.74) is -5.30. The van der Waals surface area contributed by atoms with Crippen molar-refractivity contribution in [1.82, 2.24) is 9.55 Å². The summed E-state index contributed by atoms with van der Waals surface area (Å²) < 4.78 is 58.2. The van der Waals surface area contributed by atoms with Gasteiger partial charge in [-0.15, -0.1) is 0 Å². The number of nitrogens with one attached hydrogen (secondary N) is 1. The molecule has 1 aromatic heterocycles. The van der Waals surface area contributed by atoms with Crippen molar-refractivity contribution >= 4 is 10.9 Å². The number of rotatable bonds is 2. The van der Waals surface area contributed by atoms with Crippen molar-refractivity contribution in [3.05, 3.63) is 116 Å². The number of aromatic amines is 1. The van der Waals surface area contributed by atoms with Gasteiger partial charge in [-0.1, -0.05) is 42.2 Å². The van der Waals surface area contributed by atoms with E-state index in [1.54, 1.807) is 42.5 Å². The van der Waals surface area contributed by atoms with Crippen molar-refractivity contribution in [3.63, 3.8) is 0 Å². The number of aromatic nitrogens is 2. The fraction of sp³-hybridized carbons (Fsp3) is 0.154. The Balaban J connectivity index is 1.96. The minimum atomic E-state index is -4.97. The molecule has 0 amide bonds. The zero-order valence-electron chi connectivity index (χ0n) is 18.1. The van der Waals surface area contributed by atoms with E-state index in [0.29, 0.717) is 10.1 Å². The summed E-state index contributed by atoms with van der Waals surface area (Å²) in [6.07, 6.45) is -4.97. The van der Waals surface area contributed by atoms with Crippen LogP contribution >= 0.6 is 0 Å². The Bertz CT molecular complexity index is 1570. The first-order chi connectivity index (χ1) is 16.0. The highest BCUT2D eigenvalue weighted by Gasteiger charge is 2.42. The van der Waals surface area contributed by atoms with Crippen LogP contribution in [0, 0.1) is 17.7 Å². The standard InChI is InChI=1S/C26H18F4N2O2/c1-25(2,32-23(33)18-10-6-7-11-21(18)31-24(32)34)22-19(26(28,29)30)14-17(15-20(22)27)13-12-16-8-4-3-5-9-16/h3-11,14-15H,1-2H3,(H,31,34). The zero-order chi connectivity index (χ0) is 24.7. The fourth-order valence-electron chi connectivity index (χ4n) is 3.97. The van der Waals surface area contributed by atoms with Gasteiger partial charge in [0, 0.05) is 16.7 Å². The van der Waals surface area contributed by atoms with Crippen molar-refractivity contribution in [2.45, 2.75) is 25.6 Å². The molecule has 3 aromatic carbocycles. The van der Waals surface area contributed by atoms with Gasteiger partial charge in [-0.3, -0.25) is 4.79 Å². The molecule has 0 spiro atoms. The highest BCUT2D eigenvalue weighted by atomic mass is 19.4. The minimum absolute atomic E-state index is 0.0921. The predicted octanol–water partition coefficient (Wildman–Crippen LogP) is 5.03. The molecule has 0 unspecified atom stereocenters. The third-order valence-corrected chi connectivity index (χ3v) is 5.50. The van der Waals surface area contributed by atoms with E-state index < -0.39 is 39.9 Å². The van der Waals surface area contributed by atoms with Crippen LogP contribution in [0.25, 0.3) is 10.9 Å². The number of benzene rings is 3. The summed E-state index contributed by atoms with van der Waals surface area (Å²) in [6.45, 7) is 2.39. The number of halogens is 4. The van der Waals surface area contributed by atoms with Crippen molar-refractivity contribution < 1.29 is 17.6 Å². The van der Waals surface area contributed by atoms with Crippen LogP contribution in [0.3, 0.4) is 0 Å². The van der Waals surface area contributed by atoms with E-state index in [1.807, 2.05) is 0 Å². The summed E-state index contributed by atoms with van der Waals surface area (Å²) >= 11 is 0. The molecule has 8 heteroatoms. The van der Waals surface area contributed by atoms with Crippen LogP contribution in [0.4, 0.5) is 17.6 Å². The van der Waals surface area contributed by atoms with Gasteiger partial charge in [-0.05, 0) is 50.2 Å². The molecule has 4 nitrogen and oxygen atoms in total. The van der Waals surface area contributed by atoms with Gasteiger partial charge in [-0.25, -0.2) is 13.8 Å². The van der Waals surface area contributed by atoms with Crippen LogP contribution in [-0.2, 0) is 11.7 Å². The average molecular weight is 466 g/mol. The van der Waals surface area contributed by atoms with Gasteiger partial charge < -0.3 is 4.98 Å². The van der Waals surface area contributed by atoms with E-state index >= 15 is 4.39 Å². The third-order valence-electron chi connectivity index (χ3n) is 5.50. The molecule has 1 N–H and O–H groups in total. The highest BCUT2D eigenvalue weighted by molar-refractivity contribution is 5.77. The summed E-state index contributed by atoms with van der Waals surface area (Å²) in [5, 5.41) is 0.0921. The van der Waals surface area contributed by atoms with Gasteiger partial charge in [0.05, 0.1) is 22.0 Å². The van der Waals surface area contributed by atoms with E-state index in [9.17, 15) is 22.8 Å². The Kier molecular flexibility index (Phi) is 5.65. The lowest BCUT2D eigenvalue weighted by Gasteiger charge is -2.30. The number of fused-ring (bicyclic) bond motifs is 1. The second-order valence-corrected chi connectivity index (χ2v) is 8.17. The molecule has 4 aromatic rings. The molecule has 0 bridgehead atoms. The fourth-order valence-corrected chi connectivity index (χ4v) is 3.97. The lowest BCUT2D eigenvalue weighted by molar-refractivity contribution is -0.139. The van der Waals surface area contributed by atoms with Gasteiger partial charge >= 0.3 is 11.9 Å². The summed E-state index contributed by atoms with van der Waals surface area (Å²) in [7, 11) is 0. The van der Waals surface area contributed by atoms with E-state index in [1.165, 1.54) is 26.0 Å². The maximum atomic E-state index is 15.3. The topological polar surface area (TPSA) is 54.9 Å². The summed E-state index contributed by atoms with van der Waals surface area (Å²) in [4.78, 5) is 28.3. The normalized spacial score (nSPS) is 11.8. The number of hydrogen-bond donors (Lipinski definition) is 1. The highest BCUT2D eigenvalue weighted by Crippen LogP contribution is 2.39. The SMILES string of the molecule is CC(C)(c1c(F)cc(C#Cc2ccccc2)cc1C(F)(F)F)n1c(=O)[nH]c2ccccc2c1=O. The zero-order valence-corrected chi connectivity index (χ0v) is 18.1. The van der Waals surface area contributed by atoms with Crippen LogP contribution in [0.5, 0.6) is 0 Å². The number of hydrogen-bond acceptors (Lipinski definition) is 2. The van der Waals surface area contributed by atoms with Gasteiger partial charge in [-0.2, -0.15) is 13.2 Å². The van der Waals surface area contributed by atoms with E-state index in [2.05, 4.69) is 16.8 Å². The molecule has 0 saturated carbocycles. The quantitative estimate of drug-likeness (QED) is 0.333. The maximum absolute atomic E-state index is 15.3. The molecule has 0 aliphatic rings. The lowest BCUT2D eigenvalue weighted by Crippen LogP contribution is -2.48. The smallest absolute Gasteiger partial charge is 0.307 e. The Morgan fingerprint density at radius 1 is 0.853 bits per heavy atom. The molecule has 0 atom stereocenters. The summed E-state index contributed by atoms with van der Waals surface area (Å²) in [6, 6.07) is 16.2. The molecular weight excluding hydrogens is 448 g/mol. The van der Waals surface area contributed by atoms with Gasteiger partial charge in [0.15, 0.2) is 0 Å². The number of para-hydroxylation sites is 1. The van der Waals surface area contributed by atoms with E-state index in [-0.39, 0.29) is 16.5 Å². The first-order valence-corrected chi connectivity index (χ1v) is 10.2. The van der Waals surface area contributed by atoms with Crippen LogP contribution in [-0.4, -0.2) is 9.55 Å². The van der Waals surface area contributed by atoms with Gasteiger partial charge in [0.25, 0.3) is 5.56 Å². The Morgan fingerprint density at radius 2 is 1.47 bits per heavy atom. The lowest BCUT2D eigenvalue weighted by atomic mass is 9.87. The van der Waals surface area contributed by atoms with Crippen LogP contribution in [0.2, 0.25) is 0 Å². The Labute approximate surface area is 191 Å². The van der Waals surface area contributed by atoms with Crippen molar-refractivity contribution in [3.8, 4) is 11.8 Å². The Morgan fingerprint density at radius 3 is 2.15 bits per heavy atom. The van der Waals surface area contributed by atoms with Gasteiger partial charge in [0.2, 0.25) is 0 Å². The van der Waals surface area contributed by atoms with Crippen LogP contribution < -0.4 is 11.2 Å². The predicted molar refractivity (Wildman–Crippen MR) is 121 cm³/mol. The van der Waals surface area contributed by atoms with Crippen molar-refractivity contribution in [2.24, 2.45) is 0 Å². The first-order valence-electron chi connectivity index (χ1n) is 10.2. The molecule has 0 aliphatic heterocycles. The molecule has 1 heterocycles. The molecule has 0 fully saturated rings. The second kappa shape index (κ2) is 8.34. The summed E-state index contributed by atoms with van der Waals surface area (Å²) in [5.74, 6) is 4.03. The molecule has 172 valence electrons. The van der Waals surface area contributed by atoms with E-state index in [0.717, 1.165) is 12.1 Å². The monoisotopic (exact) mass is 466 g/mol. The van der Waals surface area contributed by atoms with Crippen LogP contribution in [0.15, 0.2) is 76.3 Å². The minimum Gasteiger partial charge on any atom is -0.307 e.